The highest BCUT2D eigenvalue weighted by Gasteiger charge is 2.29. The zero-order valence-electron chi connectivity index (χ0n) is 26.6. The molecule has 0 radical (unpaired) electrons. The number of aryl methyl sites for hydroxylation is 1. The molecule has 0 aliphatic carbocycles. The lowest BCUT2D eigenvalue weighted by atomic mass is 9.95. The van der Waals surface area contributed by atoms with Gasteiger partial charge in [-0.05, 0) is 62.6 Å². The van der Waals surface area contributed by atoms with E-state index in [1.165, 1.54) is 6.20 Å². The van der Waals surface area contributed by atoms with E-state index in [-0.39, 0.29) is 18.4 Å². The maximum Gasteiger partial charge on any atom is 0.261 e. The molecule has 2 aliphatic heterocycles. The van der Waals surface area contributed by atoms with Gasteiger partial charge in [-0.3, -0.25) is 19.2 Å². The number of carbonyl (C=O) groups excluding carboxylic acids is 3. The molecule has 5 heterocycles. The fourth-order valence-corrected chi connectivity index (χ4v) is 6.96. The SMILES string of the molecule is CSc1ccc(C)c(-c2nn(CC(=O)N3CCC(CN4CCN(CC=O)C(C)C4)CC3)cc2NC(=O)c2cnn3cccnc23)c1. The van der Waals surface area contributed by atoms with Crippen molar-refractivity contribution >= 4 is 41.2 Å². The van der Waals surface area contributed by atoms with Crippen molar-refractivity contribution in [2.45, 2.75) is 44.2 Å². The number of aromatic nitrogens is 5. The standard InChI is InChI=1S/C33H41N9O3S/c1-23-5-6-26(46-3)17-27(23)31-29(36-33(45)28-18-35-42-10-4-9-34-32(28)42)21-41(37-31)22-30(44)40-11-7-25(8-12-40)20-38-13-14-39(15-16-43)24(2)19-38/h4-6,9-10,16-18,21,24-25H,7-8,11-15,19-20,22H2,1-3H3,(H,36,45). The van der Waals surface area contributed by atoms with Crippen molar-refractivity contribution in [3.63, 3.8) is 0 Å². The van der Waals surface area contributed by atoms with Crippen LogP contribution in [0.15, 0.2) is 53.9 Å². The van der Waals surface area contributed by atoms with Gasteiger partial charge in [0.1, 0.15) is 24.1 Å². The van der Waals surface area contributed by atoms with Gasteiger partial charge in [-0.25, -0.2) is 9.50 Å². The molecule has 2 saturated heterocycles. The first-order valence-electron chi connectivity index (χ1n) is 15.8. The van der Waals surface area contributed by atoms with Crippen LogP contribution in [0.1, 0.15) is 35.7 Å². The molecule has 2 fully saturated rings. The van der Waals surface area contributed by atoms with E-state index in [9.17, 15) is 14.4 Å². The summed E-state index contributed by atoms with van der Waals surface area (Å²) in [5.41, 5.74) is 3.86. The Morgan fingerprint density at radius 2 is 1.98 bits per heavy atom. The maximum atomic E-state index is 13.5. The minimum atomic E-state index is -0.346. The van der Waals surface area contributed by atoms with Gasteiger partial charge in [-0.1, -0.05) is 6.07 Å². The number of likely N-dealkylation sites (tertiary alicyclic amines) is 1. The molecule has 1 atom stereocenters. The monoisotopic (exact) mass is 643 g/mol. The average Bonchev–Trinajstić information content (AvgIpc) is 3.67. The highest BCUT2D eigenvalue weighted by molar-refractivity contribution is 7.98. The van der Waals surface area contributed by atoms with Crippen LogP contribution in [0, 0.1) is 12.8 Å². The summed E-state index contributed by atoms with van der Waals surface area (Å²) in [4.78, 5) is 50.0. The molecule has 1 N–H and O–H groups in total. The second-order valence-corrected chi connectivity index (χ2v) is 13.1. The Labute approximate surface area is 273 Å². The molecule has 46 heavy (non-hydrogen) atoms. The van der Waals surface area contributed by atoms with Crippen molar-refractivity contribution in [3.8, 4) is 11.3 Å². The van der Waals surface area contributed by atoms with Crippen LogP contribution < -0.4 is 5.32 Å². The van der Waals surface area contributed by atoms with Gasteiger partial charge in [0, 0.05) is 74.4 Å². The molecule has 1 aromatic carbocycles. The fraction of sp³-hybridized carbons (Fsp3) is 0.455. The average molecular weight is 644 g/mol. The van der Waals surface area contributed by atoms with Gasteiger partial charge >= 0.3 is 0 Å². The first-order valence-corrected chi connectivity index (χ1v) is 17.1. The number of amides is 2. The van der Waals surface area contributed by atoms with Gasteiger partial charge in [0.2, 0.25) is 5.91 Å². The van der Waals surface area contributed by atoms with E-state index in [1.807, 2.05) is 24.1 Å². The lowest BCUT2D eigenvalue weighted by molar-refractivity contribution is -0.133. The number of nitrogens with one attached hydrogen (secondary N) is 1. The molecular formula is C33H41N9O3S. The predicted octanol–water partition coefficient (Wildman–Crippen LogP) is 3.32. The molecular weight excluding hydrogens is 602 g/mol. The second kappa shape index (κ2) is 14.1. The Hall–Kier alpha value is -4.07. The van der Waals surface area contributed by atoms with Crippen LogP contribution in [-0.4, -0.2) is 115 Å². The third-order valence-electron chi connectivity index (χ3n) is 9.17. The quantitative estimate of drug-likeness (QED) is 0.205. The van der Waals surface area contributed by atoms with Crippen LogP contribution in [0.2, 0.25) is 0 Å². The van der Waals surface area contributed by atoms with E-state index in [2.05, 4.69) is 44.3 Å². The molecule has 6 rings (SSSR count). The van der Waals surface area contributed by atoms with Crippen LogP contribution in [-0.2, 0) is 16.1 Å². The Bertz CT molecular complexity index is 1710. The third kappa shape index (κ3) is 7.01. The Morgan fingerprint density at radius 1 is 1.15 bits per heavy atom. The molecule has 4 aromatic rings. The number of anilines is 1. The summed E-state index contributed by atoms with van der Waals surface area (Å²) >= 11 is 1.63. The number of piperidine rings is 1. The number of rotatable bonds is 10. The number of thioether (sulfide) groups is 1. The minimum Gasteiger partial charge on any atom is -0.341 e. The van der Waals surface area contributed by atoms with Crippen molar-refractivity contribution < 1.29 is 14.4 Å². The maximum absolute atomic E-state index is 13.5. The summed E-state index contributed by atoms with van der Waals surface area (Å²) in [5, 5.41) is 12.1. The second-order valence-electron chi connectivity index (χ2n) is 12.3. The van der Waals surface area contributed by atoms with Crippen molar-refractivity contribution in [2.24, 2.45) is 5.92 Å². The molecule has 0 spiro atoms. The highest BCUT2D eigenvalue weighted by Crippen LogP contribution is 2.33. The van der Waals surface area contributed by atoms with E-state index in [4.69, 9.17) is 5.10 Å². The normalized spacial score (nSPS) is 18.2. The van der Waals surface area contributed by atoms with Crippen molar-refractivity contribution in [1.82, 2.24) is 39.1 Å². The molecule has 12 nitrogen and oxygen atoms in total. The summed E-state index contributed by atoms with van der Waals surface area (Å²) in [6.45, 7) is 10.1. The fourth-order valence-electron chi connectivity index (χ4n) is 6.53. The number of fused-ring (bicyclic) bond motifs is 1. The van der Waals surface area contributed by atoms with Crippen LogP contribution in [0.4, 0.5) is 5.69 Å². The summed E-state index contributed by atoms with van der Waals surface area (Å²) in [5.74, 6) is 0.220. The Balaban J connectivity index is 1.14. The number of benzene rings is 1. The zero-order chi connectivity index (χ0) is 32.2. The lowest BCUT2D eigenvalue weighted by Gasteiger charge is -2.41. The molecule has 242 valence electrons. The molecule has 3 aromatic heterocycles. The van der Waals surface area contributed by atoms with Crippen molar-refractivity contribution in [3.05, 3.63) is 60.2 Å². The molecule has 13 heteroatoms. The van der Waals surface area contributed by atoms with Crippen LogP contribution >= 0.6 is 11.8 Å². The number of carbonyl (C=O) groups is 3. The third-order valence-corrected chi connectivity index (χ3v) is 9.90. The molecule has 0 bridgehead atoms. The van der Waals surface area contributed by atoms with E-state index in [0.717, 1.165) is 74.4 Å². The predicted molar refractivity (Wildman–Crippen MR) is 178 cm³/mol. The van der Waals surface area contributed by atoms with E-state index in [1.54, 1.807) is 45.6 Å². The van der Waals surface area contributed by atoms with Crippen LogP contribution in [0.25, 0.3) is 16.9 Å². The number of hydrogen-bond acceptors (Lipinski definition) is 9. The first-order chi connectivity index (χ1) is 22.3. The number of hydrogen-bond donors (Lipinski definition) is 1. The zero-order valence-corrected chi connectivity index (χ0v) is 27.4. The molecule has 0 saturated carbocycles. The molecule has 2 amide bonds. The smallest absolute Gasteiger partial charge is 0.261 e. The van der Waals surface area contributed by atoms with Gasteiger partial charge in [0.25, 0.3) is 5.91 Å². The van der Waals surface area contributed by atoms with Crippen molar-refractivity contribution in [1.29, 1.82) is 0 Å². The number of piperazine rings is 1. The summed E-state index contributed by atoms with van der Waals surface area (Å²) in [6, 6.07) is 8.30. The number of aldehydes is 1. The molecule has 1 unspecified atom stereocenters. The lowest BCUT2D eigenvalue weighted by Crippen LogP contribution is -2.53. The minimum absolute atomic E-state index is 0.0166. The van der Waals surface area contributed by atoms with Crippen LogP contribution in [0.5, 0.6) is 0 Å². The van der Waals surface area contributed by atoms with Crippen molar-refractivity contribution in [2.75, 3.05) is 57.4 Å². The largest absolute Gasteiger partial charge is 0.341 e. The van der Waals surface area contributed by atoms with E-state index < -0.39 is 0 Å². The van der Waals surface area contributed by atoms with Gasteiger partial charge in [0.15, 0.2) is 5.65 Å². The van der Waals surface area contributed by atoms with Crippen LogP contribution in [0.3, 0.4) is 0 Å². The highest BCUT2D eigenvalue weighted by atomic mass is 32.2. The van der Waals surface area contributed by atoms with Gasteiger partial charge in [0.05, 0.1) is 18.4 Å². The van der Waals surface area contributed by atoms with E-state index >= 15 is 0 Å². The van der Waals surface area contributed by atoms with E-state index in [0.29, 0.717) is 41.1 Å². The molecule has 2 aliphatic rings. The van der Waals surface area contributed by atoms with Gasteiger partial charge in [-0.2, -0.15) is 10.2 Å². The Kier molecular flexibility index (Phi) is 9.81. The topological polar surface area (TPSA) is 121 Å². The van der Waals surface area contributed by atoms with Gasteiger partial charge < -0.3 is 19.9 Å². The summed E-state index contributed by atoms with van der Waals surface area (Å²) in [7, 11) is 0. The van der Waals surface area contributed by atoms with Gasteiger partial charge in [-0.15, -0.1) is 11.8 Å². The summed E-state index contributed by atoms with van der Waals surface area (Å²) in [6.07, 6.45) is 11.6. The summed E-state index contributed by atoms with van der Waals surface area (Å²) < 4.78 is 3.20. The first kappa shape index (κ1) is 31.9. The Morgan fingerprint density at radius 3 is 2.74 bits per heavy atom. The number of nitrogens with zero attached hydrogens (tertiary/aromatic N) is 8.